The van der Waals surface area contributed by atoms with Crippen molar-refractivity contribution in [3.8, 4) is 5.75 Å². The minimum atomic E-state index is -0.00997. The van der Waals surface area contributed by atoms with Crippen molar-refractivity contribution in [2.24, 2.45) is 5.92 Å². The summed E-state index contributed by atoms with van der Waals surface area (Å²) in [5, 5.41) is 3.02. The first-order valence-corrected chi connectivity index (χ1v) is 12.8. The van der Waals surface area contributed by atoms with E-state index in [1.54, 1.807) is 6.92 Å². The number of ether oxygens (including phenoxy) is 1. The van der Waals surface area contributed by atoms with Gasteiger partial charge in [-0.2, -0.15) is 0 Å². The maximum absolute atomic E-state index is 12.0. The molecule has 1 fully saturated rings. The maximum Gasteiger partial charge on any atom is 0.226 e. The van der Waals surface area contributed by atoms with Gasteiger partial charge in [-0.05, 0) is 88.0 Å². The molecule has 5 nitrogen and oxygen atoms in total. The van der Waals surface area contributed by atoms with Crippen LogP contribution in [0, 0.1) is 5.92 Å². The average Bonchev–Trinajstić information content (AvgIpc) is 2.84. The zero-order valence-electron chi connectivity index (χ0n) is 21.0. The van der Waals surface area contributed by atoms with Crippen molar-refractivity contribution < 1.29 is 14.3 Å². The van der Waals surface area contributed by atoms with E-state index in [0.717, 1.165) is 37.4 Å². The number of piperidine rings is 1. The molecule has 34 heavy (non-hydrogen) atoms. The Morgan fingerprint density at radius 2 is 1.74 bits per heavy atom. The highest BCUT2D eigenvalue weighted by Crippen LogP contribution is 2.29. The van der Waals surface area contributed by atoms with Crippen molar-refractivity contribution >= 4 is 17.4 Å². The first-order chi connectivity index (χ1) is 16.4. The van der Waals surface area contributed by atoms with E-state index in [4.69, 9.17) is 4.74 Å². The van der Waals surface area contributed by atoms with Crippen LogP contribution in [0.15, 0.2) is 48.5 Å². The van der Waals surface area contributed by atoms with E-state index in [9.17, 15) is 9.59 Å². The molecule has 5 heteroatoms. The number of nitrogens with zero attached hydrogens (tertiary/aromatic N) is 1. The third kappa shape index (κ3) is 8.28. The van der Waals surface area contributed by atoms with E-state index in [1.165, 1.54) is 37.8 Å². The molecule has 2 aromatic rings. The Morgan fingerprint density at radius 1 is 1.00 bits per heavy atom. The zero-order valence-corrected chi connectivity index (χ0v) is 21.0. The van der Waals surface area contributed by atoms with Crippen LogP contribution in [0.25, 0.3) is 0 Å². The molecule has 0 bridgehead atoms. The molecular formula is C29H40N2O3. The number of Topliss-reactive ketones (excluding diaryl/α,β-unsaturated/α-hetero) is 1. The number of carbonyl (C=O) groups is 2. The van der Waals surface area contributed by atoms with E-state index in [1.807, 2.05) is 44.2 Å². The van der Waals surface area contributed by atoms with Crippen LogP contribution >= 0.6 is 0 Å². The standard InChI is InChI=1S/C29H40N2O3/c1-22(2)29(33)30-27-12-8-11-26(20-27)24-14-17-31(18-15-24)16-6-4-5-7-19-34-28-13-9-10-25(21-28)23(3)32/h8-13,20-22,24H,4-7,14-19H2,1-3H3,(H,30,33). The van der Waals surface area contributed by atoms with Crippen LogP contribution < -0.4 is 10.1 Å². The van der Waals surface area contributed by atoms with Gasteiger partial charge in [0.15, 0.2) is 5.78 Å². The molecule has 0 unspecified atom stereocenters. The number of carbonyl (C=O) groups excluding carboxylic acids is 2. The largest absolute Gasteiger partial charge is 0.494 e. The highest BCUT2D eigenvalue weighted by Gasteiger charge is 2.20. The molecule has 1 aliphatic heterocycles. The van der Waals surface area contributed by atoms with Gasteiger partial charge in [0.05, 0.1) is 6.61 Å². The number of amides is 1. The summed E-state index contributed by atoms with van der Waals surface area (Å²) in [4.78, 5) is 26.0. The van der Waals surface area contributed by atoms with E-state index in [-0.39, 0.29) is 17.6 Å². The monoisotopic (exact) mass is 464 g/mol. The molecule has 0 aromatic heterocycles. The third-order valence-corrected chi connectivity index (χ3v) is 6.62. The molecule has 184 valence electrons. The molecule has 0 atom stereocenters. The Morgan fingerprint density at radius 3 is 2.47 bits per heavy atom. The molecule has 0 radical (unpaired) electrons. The Hall–Kier alpha value is -2.66. The Labute approximate surface area is 204 Å². The summed E-state index contributed by atoms with van der Waals surface area (Å²) in [6.07, 6.45) is 6.99. The van der Waals surface area contributed by atoms with Crippen molar-refractivity contribution in [1.82, 2.24) is 4.90 Å². The summed E-state index contributed by atoms with van der Waals surface area (Å²) in [6.45, 7) is 9.56. The molecular weight excluding hydrogens is 424 g/mol. The SMILES string of the molecule is CC(=O)c1cccc(OCCCCCCN2CCC(c3cccc(NC(=O)C(C)C)c3)CC2)c1. The van der Waals surface area contributed by atoms with Gasteiger partial charge in [0.2, 0.25) is 5.91 Å². The van der Waals surface area contributed by atoms with Gasteiger partial charge in [-0.3, -0.25) is 9.59 Å². The predicted molar refractivity (Wildman–Crippen MR) is 139 cm³/mol. The summed E-state index contributed by atoms with van der Waals surface area (Å²) in [6, 6.07) is 15.8. The topological polar surface area (TPSA) is 58.6 Å². The molecule has 1 N–H and O–H groups in total. The fourth-order valence-electron chi connectivity index (χ4n) is 4.43. The first kappa shape index (κ1) is 26.0. The van der Waals surface area contributed by atoms with Crippen LogP contribution in [-0.4, -0.2) is 42.8 Å². The van der Waals surface area contributed by atoms with Gasteiger partial charge < -0.3 is 15.0 Å². The lowest BCUT2D eigenvalue weighted by Crippen LogP contribution is -2.33. The van der Waals surface area contributed by atoms with Gasteiger partial charge in [-0.25, -0.2) is 0 Å². The van der Waals surface area contributed by atoms with Gasteiger partial charge >= 0.3 is 0 Å². The molecule has 0 spiro atoms. The second kappa shape index (κ2) is 13.3. The highest BCUT2D eigenvalue weighted by atomic mass is 16.5. The van der Waals surface area contributed by atoms with Gasteiger partial charge in [0, 0.05) is 17.2 Å². The fourth-order valence-corrected chi connectivity index (χ4v) is 4.43. The lowest BCUT2D eigenvalue weighted by atomic mass is 9.89. The summed E-state index contributed by atoms with van der Waals surface area (Å²) < 4.78 is 5.80. The van der Waals surface area contributed by atoms with Crippen LogP contribution in [0.1, 0.15) is 81.1 Å². The average molecular weight is 465 g/mol. The lowest BCUT2D eigenvalue weighted by molar-refractivity contribution is -0.118. The number of rotatable bonds is 12. The smallest absolute Gasteiger partial charge is 0.226 e. The van der Waals surface area contributed by atoms with Crippen molar-refractivity contribution in [3.05, 3.63) is 59.7 Å². The molecule has 3 rings (SSSR count). The van der Waals surface area contributed by atoms with Crippen molar-refractivity contribution in [1.29, 1.82) is 0 Å². The number of unbranched alkanes of at least 4 members (excludes halogenated alkanes) is 3. The molecule has 0 saturated carbocycles. The van der Waals surface area contributed by atoms with E-state index in [0.29, 0.717) is 18.1 Å². The second-order valence-corrected chi connectivity index (χ2v) is 9.73. The van der Waals surface area contributed by atoms with Crippen LogP contribution in [0.4, 0.5) is 5.69 Å². The maximum atomic E-state index is 12.0. The van der Waals surface area contributed by atoms with E-state index in [2.05, 4.69) is 28.4 Å². The molecule has 1 amide bonds. The second-order valence-electron chi connectivity index (χ2n) is 9.73. The number of likely N-dealkylation sites (tertiary alicyclic amines) is 1. The predicted octanol–water partition coefficient (Wildman–Crippen LogP) is 6.30. The summed E-state index contributed by atoms with van der Waals surface area (Å²) in [5.41, 5.74) is 2.95. The van der Waals surface area contributed by atoms with Crippen LogP contribution in [0.5, 0.6) is 5.75 Å². The Bertz CT molecular complexity index is 932. The fraction of sp³-hybridized carbons (Fsp3) is 0.517. The highest BCUT2D eigenvalue weighted by molar-refractivity contribution is 5.94. The van der Waals surface area contributed by atoms with Gasteiger partial charge in [-0.1, -0.05) is 51.0 Å². The number of benzene rings is 2. The van der Waals surface area contributed by atoms with Crippen LogP contribution in [0.2, 0.25) is 0 Å². The third-order valence-electron chi connectivity index (χ3n) is 6.62. The quantitative estimate of drug-likeness (QED) is 0.296. The number of anilines is 1. The van der Waals surface area contributed by atoms with Gasteiger partial charge in [0.1, 0.15) is 5.75 Å². The number of hydrogen-bond acceptors (Lipinski definition) is 4. The Kier molecular flexibility index (Phi) is 10.1. The number of ketones is 1. The summed E-state index contributed by atoms with van der Waals surface area (Å²) in [7, 11) is 0. The first-order valence-electron chi connectivity index (χ1n) is 12.8. The van der Waals surface area contributed by atoms with E-state index >= 15 is 0 Å². The van der Waals surface area contributed by atoms with Crippen LogP contribution in [0.3, 0.4) is 0 Å². The molecule has 1 heterocycles. The lowest BCUT2D eigenvalue weighted by Gasteiger charge is -2.32. The zero-order chi connectivity index (χ0) is 24.3. The number of nitrogens with one attached hydrogen (secondary N) is 1. The van der Waals surface area contributed by atoms with Crippen molar-refractivity contribution in [3.63, 3.8) is 0 Å². The van der Waals surface area contributed by atoms with Gasteiger partial charge in [-0.15, -0.1) is 0 Å². The van der Waals surface area contributed by atoms with Crippen molar-refractivity contribution in [2.45, 2.75) is 65.2 Å². The van der Waals surface area contributed by atoms with Gasteiger partial charge in [0.25, 0.3) is 0 Å². The molecule has 1 saturated heterocycles. The number of hydrogen-bond donors (Lipinski definition) is 1. The molecule has 2 aromatic carbocycles. The van der Waals surface area contributed by atoms with Crippen molar-refractivity contribution in [2.75, 3.05) is 31.6 Å². The van der Waals surface area contributed by atoms with Crippen LogP contribution in [-0.2, 0) is 4.79 Å². The van der Waals surface area contributed by atoms with E-state index < -0.39 is 0 Å². The normalized spacial score (nSPS) is 14.8. The Balaban J connectivity index is 1.28. The molecule has 1 aliphatic rings. The molecule has 0 aliphatic carbocycles. The summed E-state index contributed by atoms with van der Waals surface area (Å²) in [5.74, 6) is 1.48. The minimum absolute atomic E-state index is 0.00997. The summed E-state index contributed by atoms with van der Waals surface area (Å²) >= 11 is 0. The minimum Gasteiger partial charge on any atom is -0.494 e.